The molecule has 25 heavy (non-hydrogen) atoms. The molecule has 0 radical (unpaired) electrons. The average molecular weight is 348 g/mol. The van der Waals surface area contributed by atoms with Gasteiger partial charge in [-0.2, -0.15) is 0 Å². The van der Waals surface area contributed by atoms with Gasteiger partial charge >= 0.3 is 0 Å². The molecule has 1 N–H and O–H groups in total. The molecule has 0 spiro atoms. The first kappa shape index (κ1) is 19.9. The van der Waals surface area contributed by atoms with E-state index in [0.717, 1.165) is 31.7 Å². The summed E-state index contributed by atoms with van der Waals surface area (Å²) < 4.78 is 0. The van der Waals surface area contributed by atoms with Crippen LogP contribution in [0.5, 0.6) is 0 Å². The van der Waals surface area contributed by atoms with E-state index in [0.29, 0.717) is 13.1 Å². The number of hydrogen-bond donors (Lipinski definition) is 1. The Morgan fingerprint density at radius 1 is 1.00 bits per heavy atom. The van der Waals surface area contributed by atoms with Crippen LogP contribution < -0.4 is 0 Å². The highest BCUT2D eigenvalue weighted by atomic mass is 16.3. The van der Waals surface area contributed by atoms with Crippen LogP contribution in [0.2, 0.25) is 0 Å². The van der Waals surface area contributed by atoms with Gasteiger partial charge in [0.15, 0.2) is 0 Å². The summed E-state index contributed by atoms with van der Waals surface area (Å²) in [6.07, 6.45) is -0.452. The van der Waals surface area contributed by atoms with Crippen LogP contribution in [0, 0.1) is 0 Å². The lowest BCUT2D eigenvalue weighted by Crippen LogP contribution is -2.52. The SMILES string of the molecule is CC(C)N(C(=O)CN1CCN(CC(O)c2ccccc2)CC1)C(C)C. The topological polar surface area (TPSA) is 47.0 Å². The van der Waals surface area contributed by atoms with Crippen molar-refractivity contribution in [2.24, 2.45) is 0 Å². The molecule has 1 heterocycles. The first-order valence-corrected chi connectivity index (χ1v) is 9.37. The fourth-order valence-electron chi connectivity index (χ4n) is 3.60. The van der Waals surface area contributed by atoms with Crippen molar-refractivity contribution in [1.82, 2.24) is 14.7 Å². The van der Waals surface area contributed by atoms with E-state index in [1.165, 1.54) is 0 Å². The van der Waals surface area contributed by atoms with Gasteiger partial charge in [-0.3, -0.25) is 14.6 Å². The van der Waals surface area contributed by atoms with E-state index in [1.807, 2.05) is 35.2 Å². The summed E-state index contributed by atoms with van der Waals surface area (Å²) in [6, 6.07) is 10.3. The molecule has 5 heteroatoms. The molecule has 140 valence electrons. The summed E-state index contributed by atoms with van der Waals surface area (Å²) in [5.74, 6) is 0.211. The standard InChI is InChI=1S/C20H33N3O2/c1-16(2)23(17(3)4)20(25)15-22-12-10-21(11-13-22)14-19(24)18-8-6-5-7-9-18/h5-9,16-17,19,24H,10-15H2,1-4H3. The van der Waals surface area contributed by atoms with Crippen LogP contribution >= 0.6 is 0 Å². The second kappa shape index (κ2) is 9.32. The van der Waals surface area contributed by atoms with Gasteiger partial charge in [0, 0.05) is 44.8 Å². The molecule has 2 rings (SSSR count). The zero-order valence-electron chi connectivity index (χ0n) is 16.1. The number of piperazine rings is 1. The highest BCUT2D eigenvalue weighted by Crippen LogP contribution is 2.15. The summed E-state index contributed by atoms with van der Waals surface area (Å²) in [7, 11) is 0. The van der Waals surface area contributed by atoms with E-state index in [1.54, 1.807) is 0 Å². The van der Waals surface area contributed by atoms with E-state index < -0.39 is 6.10 Å². The maximum atomic E-state index is 12.6. The summed E-state index contributed by atoms with van der Waals surface area (Å²) in [6.45, 7) is 12.9. The number of aliphatic hydroxyl groups excluding tert-OH is 1. The Hall–Kier alpha value is -1.43. The highest BCUT2D eigenvalue weighted by Gasteiger charge is 2.25. The van der Waals surface area contributed by atoms with Crippen molar-refractivity contribution >= 4 is 5.91 Å². The Morgan fingerprint density at radius 3 is 2.04 bits per heavy atom. The van der Waals surface area contributed by atoms with Crippen molar-refractivity contribution in [3.63, 3.8) is 0 Å². The molecule has 1 amide bonds. The molecule has 0 saturated carbocycles. The molecule has 1 unspecified atom stereocenters. The third kappa shape index (κ3) is 5.80. The van der Waals surface area contributed by atoms with Gasteiger partial charge in [-0.15, -0.1) is 0 Å². The summed E-state index contributed by atoms with van der Waals surface area (Å²) in [4.78, 5) is 19.0. The second-order valence-corrected chi connectivity index (χ2v) is 7.49. The van der Waals surface area contributed by atoms with Gasteiger partial charge in [0.25, 0.3) is 0 Å². The number of carbonyl (C=O) groups is 1. The van der Waals surface area contributed by atoms with Crippen LogP contribution in [0.1, 0.15) is 39.4 Å². The predicted octanol–water partition coefficient (Wildman–Crippen LogP) is 1.98. The first-order valence-electron chi connectivity index (χ1n) is 9.37. The van der Waals surface area contributed by atoms with E-state index in [4.69, 9.17) is 0 Å². The van der Waals surface area contributed by atoms with Gasteiger partial charge in [-0.1, -0.05) is 30.3 Å². The van der Waals surface area contributed by atoms with Crippen LogP contribution in [0.25, 0.3) is 0 Å². The highest BCUT2D eigenvalue weighted by molar-refractivity contribution is 5.78. The normalized spacial score (nSPS) is 17.9. The zero-order valence-corrected chi connectivity index (χ0v) is 16.1. The number of amides is 1. The van der Waals surface area contributed by atoms with Gasteiger partial charge in [0.1, 0.15) is 0 Å². The number of nitrogens with zero attached hydrogens (tertiary/aromatic N) is 3. The van der Waals surface area contributed by atoms with Gasteiger partial charge in [0.2, 0.25) is 5.91 Å². The predicted molar refractivity (Wildman–Crippen MR) is 101 cm³/mol. The van der Waals surface area contributed by atoms with Crippen molar-refractivity contribution in [3.05, 3.63) is 35.9 Å². The summed E-state index contributed by atoms with van der Waals surface area (Å²) >= 11 is 0. The molecular weight excluding hydrogens is 314 g/mol. The fraction of sp³-hybridized carbons (Fsp3) is 0.650. The Labute approximate surface area is 152 Å². The molecular formula is C20H33N3O2. The second-order valence-electron chi connectivity index (χ2n) is 7.49. The van der Waals surface area contributed by atoms with Gasteiger partial charge in [0.05, 0.1) is 12.6 Å². The Bertz CT molecular complexity index is 517. The van der Waals surface area contributed by atoms with Crippen LogP contribution in [0.3, 0.4) is 0 Å². The van der Waals surface area contributed by atoms with Crippen LogP contribution in [-0.2, 0) is 4.79 Å². The molecule has 1 aromatic carbocycles. The lowest BCUT2D eigenvalue weighted by atomic mass is 10.1. The molecule has 0 aliphatic carbocycles. The first-order chi connectivity index (χ1) is 11.9. The van der Waals surface area contributed by atoms with Gasteiger partial charge in [-0.05, 0) is 33.3 Å². The van der Waals surface area contributed by atoms with E-state index in [2.05, 4.69) is 37.5 Å². The average Bonchev–Trinajstić information content (AvgIpc) is 2.56. The minimum Gasteiger partial charge on any atom is -0.387 e. The van der Waals surface area contributed by atoms with Crippen molar-refractivity contribution in [1.29, 1.82) is 0 Å². The van der Waals surface area contributed by atoms with Crippen molar-refractivity contribution < 1.29 is 9.90 Å². The van der Waals surface area contributed by atoms with E-state index >= 15 is 0 Å². The number of hydrogen-bond acceptors (Lipinski definition) is 4. The molecule has 1 aliphatic heterocycles. The minimum atomic E-state index is -0.452. The molecule has 0 bridgehead atoms. The molecule has 1 fully saturated rings. The summed E-state index contributed by atoms with van der Waals surface area (Å²) in [5, 5.41) is 10.4. The van der Waals surface area contributed by atoms with Crippen molar-refractivity contribution in [2.45, 2.75) is 45.9 Å². The van der Waals surface area contributed by atoms with Gasteiger partial charge in [-0.25, -0.2) is 0 Å². The Morgan fingerprint density at radius 2 is 1.52 bits per heavy atom. The molecule has 5 nitrogen and oxygen atoms in total. The molecule has 1 atom stereocenters. The maximum Gasteiger partial charge on any atom is 0.237 e. The third-order valence-electron chi connectivity index (χ3n) is 4.84. The van der Waals surface area contributed by atoms with Crippen LogP contribution in [0.15, 0.2) is 30.3 Å². The minimum absolute atomic E-state index is 0.211. The van der Waals surface area contributed by atoms with Gasteiger partial charge < -0.3 is 10.0 Å². The van der Waals surface area contributed by atoms with E-state index in [9.17, 15) is 9.90 Å². The fourth-order valence-corrected chi connectivity index (χ4v) is 3.60. The smallest absolute Gasteiger partial charge is 0.237 e. The number of carbonyl (C=O) groups excluding carboxylic acids is 1. The molecule has 0 aromatic heterocycles. The van der Waals surface area contributed by atoms with Crippen molar-refractivity contribution in [3.8, 4) is 0 Å². The number of benzene rings is 1. The number of aliphatic hydroxyl groups is 1. The largest absolute Gasteiger partial charge is 0.387 e. The Balaban J connectivity index is 1.78. The zero-order chi connectivity index (χ0) is 18.4. The maximum absolute atomic E-state index is 12.6. The lowest BCUT2D eigenvalue weighted by Gasteiger charge is -2.37. The van der Waals surface area contributed by atoms with Crippen molar-refractivity contribution in [2.75, 3.05) is 39.3 Å². The summed E-state index contributed by atoms with van der Waals surface area (Å²) in [5.41, 5.74) is 0.963. The lowest BCUT2D eigenvalue weighted by molar-refractivity contribution is -0.136. The third-order valence-corrected chi connectivity index (χ3v) is 4.84. The monoisotopic (exact) mass is 347 g/mol. The molecule has 1 aliphatic rings. The number of β-amino-alcohol motifs (C(OH)–C–C–N with tert-alkyl or cyclic N) is 1. The van der Waals surface area contributed by atoms with E-state index in [-0.39, 0.29) is 18.0 Å². The molecule has 1 aromatic rings. The number of rotatable bonds is 7. The quantitative estimate of drug-likeness (QED) is 0.819. The van der Waals surface area contributed by atoms with Crippen LogP contribution in [0.4, 0.5) is 0 Å². The molecule has 1 saturated heterocycles. The van der Waals surface area contributed by atoms with Crippen LogP contribution in [-0.4, -0.2) is 77.1 Å². The Kier molecular flexibility index (Phi) is 7.41.